The third kappa shape index (κ3) is 4.07. The molecule has 0 aliphatic carbocycles. The van der Waals surface area contributed by atoms with Crippen molar-refractivity contribution >= 4 is 10.8 Å². The van der Waals surface area contributed by atoms with Gasteiger partial charge >= 0.3 is 6.18 Å². The van der Waals surface area contributed by atoms with Gasteiger partial charge in [0.2, 0.25) is 0 Å². The fraction of sp³-hybridized carbons (Fsp3) is 0.200. The van der Waals surface area contributed by atoms with Crippen LogP contribution < -0.4 is 9.47 Å². The summed E-state index contributed by atoms with van der Waals surface area (Å²) in [6.45, 7) is 0.950. The average molecular weight is 364 g/mol. The van der Waals surface area contributed by atoms with Crippen LogP contribution in [0.2, 0.25) is 0 Å². The van der Waals surface area contributed by atoms with Crippen molar-refractivity contribution in [3.05, 3.63) is 60.4 Å². The Bertz CT molecular complexity index is 902. The number of hydrogen-bond acceptors (Lipinski definition) is 2. The SMILES string of the molecule is CCOc1ccc(-c2ccc3c(F)c(OCC(F)(F)F)ccc3c2)cc1. The second-order valence-electron chi connectivity index (χ2n) is 5.67. The van der Waals surface area contributed by atoms with Crippen molar-refractivity contribution in [1.82, 2.24) is 0 Å². The summed E-state index contributed by atoms with van der Waals surface area (Å²) in [6.07, 6.45) is -4.51. The van der Waals surface area contributed by atoms with Crippen molar-refractivity contribution < 1.29 is 27.0 Å². The van der Waals surface area contributed by atoms with Crippen molar-refractivity contribution in [2.45, 2.75) is 13.1 Å². The normalized spacial score (nSPS) is 11.6. The summed E-state index contributed by atoms with van der Waals surface area (Å²) in [5.41, 5.74) is 1.79. The molecule has 0 aliphatic heterocycles. The Morgan fingerprint density at radius 1 is 0.846 bits per heavy atom. The first-order valence-corrected chi connectivity index (χ1v) is 8.02. The molecule has 3 aromatic carbocycles. The monoisotopic (exact) mass is 364 g/mol. The molecule has 0 unspecified atom stereocenters. The van der Waals surface area contributed by atoms with Crippen LogP contribution in [0.5, 0.6) is 11.5 Å². The molecule has 26 heavy (non-hydrogen) atoms. The highest BCUT2D eigenvalue weighted by atomic mass is 19.4. The molecular weight excluding hydrogens is 348 g/mol. The Labute approximate surface area is 148 Å². The zero-order valence-corrected chi connectivity index (χ0v) is 13.9. The summed E-state index contributed by atoms with van der Waals surface area (Å²) < 4.78 is 61.1. The summed E-state index contributed by atoms with van der Waals surface area (Å²) in [5, 5.41) is 0.785. The maximum absolute atomic E-state index is 14.4. The fourth-order valence-electron chi connectivity index (χ4n) is 2.63. The maximum atomic E-state index is 14.4. The van der Waals surface area contributed by atoms with Crippen molar-refractivity contribution in [1.29, 1.82) is 0 Å². The molecule has 3 rings (SSSR count). The molecule has 0 radical (unpaired) electrons. The Kier molecular flexibility index (Phi) is 5.02. The third-order valence-corrected chi connectivity index (χ3v) is 3.81. The van der Waals surface area contributed by atoms with Crippen LogP contribution in [0.1, 0.15) is 6.92 Å². The molecule has 0 aromatic heterocycles. The Hall–Kier alpha value is -2.76. The number of fused-ring (bicyclic) bond motifs is 1. The van der Waals surface area contributed by atoms with Gasteiger partial charge in [0.15, 0.2) is 18.2 Å². The first kappa shape index (κ1) is 18.0. The molecule has 0 N–H and O–H groups in total. The van der Waals surface area contributed by atoms with Crippen LogP contribution >= 0.6 is 0 Å². The van der Waals surface area contributed by atoms with Gasteiger partial charge in [-0.2, -0.15) is 13.2 Å². The fourth-order valence-corrected chi connectivity index (χ4v) is 2.63. The second kappa shape index (κ2) is 7.23. The number of benzene rings is 3. The van der Waals surface area contributed by atoms with E-state index < -0.39 is 24.3 Å². The van der Waals surface area contributed by atoms with Crippen LogP contribution in [0.3, 0.4) is 0 Å². The highest BCUT2D eigenvalue weighted by molar-refractivity contribution is 5.89. The summed E-state index contributed by atoms with van der Waals surface area (Å²) in [7, 11) is 0. The van der Waals surface area contributed by atoms with E-state index in [9.17, 15) is 17.6 Å². The van der Waals surface area contributed by atoms with Gasteiger partial charge in [0.05, 0.1) is 6.61 Å². The standard InChI is InChI=1S/C20H16F4O2/c1-2-25-16-7-3-13(4-8-16)14-5-9-17-15(11-14)6-10-18(19(17)21)26-12-20(22,23)24/h3-11H,2,12H2,1H3. The molecule has 0 bridgehead atoms. The van der Waals surface area contributed by atoms with E-state index in [1.807, 2.05) is 31.2 Å². The zero-order chi connectivity index (χ0) is 18.7. The second-order valence-corrected chi connectivity index (χ2v) is 5.67. The summed E-state index contributed by atoms with van der Waals surface area (Å²) >= 11 is 0. The topological polar surface area (TPSA) is 18.5 Å². The van der Waals surface area contributed by atoms with Gasteiger partial charge in [-0.25, -0.2) is 4.39 Å². The van der Waals surface area contributed by atoms with E-state index in [0.29, 0.717) is 12.0 Å². The molecule has 0 heterocycles. The summed E-state index contributed by atoms with van der Waals surface area (Å²) in [6, 6.07) is 15.3. The minimum absolute atomic E-state index is 0.208. The van der Waals surface area contributed by atoms with Crippen molar-refractivity contribution in [2.24, 2.45) is 0 Å². The highest BCUT2D eigenvalue weighted by Crippen LogP contribution is 2.31. The number of ether oxygens (including phenoxy) is 2. The predicted octanol–water partition coefficient (Wildman–Crippen LogP) is 5.99. The lowest BCUT2D eigenvalue weighted by Gasteiger charge is -2.12. The van der Waals surface area contributed by atoms with Gasteiger partial charge in [-0.3, -0.25) is 0 Å². The minimum Gasteiger partial charge on any atom is -0.494 e. The summed E-state index contributed by atoms with van der Waals surface area (Å²) in [4.78, 5) is 0. The third-order valence-electron chi connectivity index (χ3n) is 3.81. The van der Waals surface area contributed by atoms with Crippen LogP contribution in [-0.2, 0) is 0 Å². The maximum Gasteiger partial charge on any atom is 0.422 e. The highest BCUT2D eigenvalue weighted by Gasteiger charge is 2.29. The number of alkyl halides is 3. The largest absolute Gasteiger partial charge is 0.494 e. The van der Waals surface area contributed by atoms with Crippen molar-refractivity contribution in [3.8, 4) is 22.6 Å². The quantitative estimate of drug-likeness (QED) is 0.518. The predicted molar refractivity (Wildman–Crippen MR) is 92.1 cm³/mol. The van der Waals surface area contributed by atoms with Crippen LogP contribution in [0.15, 0.2) is 54.6 Å². The van der Waals surface area contributed by atoms with E-state index in [-0.39, 0.29) is 5.39 Å². The number of hydrogen-bond donors (Lipinski definition) is 0. The van der Waals surface area contributed by atoms with Gasteiger partial charge in [-0.1, -0.05) is 30.3 Å². The van der Waals surface area contributed by atoms with Crippen LogP contribution in [-0.4, -0.2) is 19.4 Å². The van der Waals surface area contributed by atoms with E-state index in [0.717, 1.165) is 16.9 Å². The molecule has 0 fully saturated rings. The van der Waals surface area contributed by atoms with Crippen molar-refractivity contribution in [2.75, 3.05) is 13.2 Å². The van der Waals surface area contributed by atoms with Crippen LogP contribution in [0, 0.1) is 5.82 Å². The summed E-state index contributed by atoms with van der Waals surface area (Å²) in [5.74, 6) is -0.455. The molecule has 0 atom stereocenters. The van der Waals surface area contributed by atoms with Gasteiger partial charge in [0.1, 0.15) is 5.75 Å². The molecule has 0 saturated heterocycles. The van der Waals surface area contributed by atoms with Gasteiger partial charge < -0.3 is 9.47 Å². The Balaban J connectivity index is 1.89. The molecule has 6 heteroatoms. The molecule has 3 aromatic rings. The first-order chi connectivity index (χ1) is 12.4. The lowest BCUT2D eigenvalue weighted by Crippen LogP contribution is -2.19. The molecule has 0 saturated carbocycles. The zero-order valence-electron chi connectivity index (χ0n) is 13.9. The van der Waals surface area contributed by atoms with Crippen LogP contribution in [0.25, 0.3) is 21.9 Å². The molecular formula is C20H16F4O2. The number of rotatable bonds is 5. The van der Waals surface area contributed by atoms with Gasteiger partial charge in [-0.05, 0) is 47.7 Å². The Morgan fingerprint density at radius 3 is 2.19 bits per heavy atom. The number of halogens is 4. The van der Waals surface area contributed by atoms with E-state index in [4.69, 9.17) is 4.74 Å². The first-order valence-electron chi connectivity index (χ1n) is 8.02. The van der Waals surface area contributed by atoms with Gasteiger partial charge in [0, 0.05) is 5.39 Å². The minimum atomic E-state index is -4.51. The Morgan fingerprint density at radius 2 is 1.54 bits per heavy atom. The molecule has 136 valence electrons. The lowest BCUT2D eigenvalue weighted by molar-refractivity contribution is -0.153. The molecule has 0 amide bonds. The van der Waals surface area contributed by atoms with Crippen LogP contribution in [0.4, 0.5) is 17.6 Å². The van der Waals surface area contributed by atoms with E-state index in [1.165, 1.54) is 12.1 Å². The molecule has 0 spiro atoms. The molecule has 2 nitrogen and oxygen atoms in total. The van der Waals surface area contributed by atoms with Crippen molar-refractivity contribution in [3.63, 3.8) is 0 Å². The van der Waals surface area contributed by atoms with Gasteiger partial charge in [-0.15, -0.1) is 0 Å². The molecule has 0 aliphatic rings. The average Bonchev–Trinajstić information content (AvgIpc) is 2.61. The smallest absolute Gasteiger partial charge is 0.422 e. The lowest BCUT2D eigenvalue weighted by atomic mass is 10.0. The van der Waals surface area contributed by atoms with E-state index in [2.05, 4.69) is 4.74 Å². The van der Waals surface area contributed by atoms with Gasteiger partial charge in [0.25, 0.3) is 0 Å². The van der Waals surface area contributed by atoms with E-state index >= 15 is 0 Å². The van der Waals surface area contributed by atoms with E-state index in [1.54, 1.807) is 18.2 Å².